The number of nitrogens with one attached hydrogen (secondary N) is 1. The predicted octanol–water partition coefficient (Wildman–Crippen LogP) is 1.61. The zero-order valence-corrected chi connectivity index (χ0v) is 14.2. The van der Waals surface area contributed by atoms with Gasteiger partial charge in [-0.3, -0.25) is 14.1 Å². The number of hydrogen-bond acceptors (Lipinski definition) is 4. The third kappa shape index (κ3) is 3.01. The van der Waals surface area contributed by atoms with Crippen molar-refractivity contribution in [2.75, 3.05) is 26.2 Å². The van der Waals surface area contributed by atoms with Crippen molar-refractivity contribution in [1.82, 2.24) is 19.6 Å². The highest BCUT2D eigenvalue weighted by Crippen LogP contribution is 2.36. The Balaban J connectivity index is 0.00000156. The Hall–Kier alpha value is -1.43. The van der Waals surface area contributed by atoms with Crippen LogP contribution in [0.2, 0.25) is 0 Å². The maximum absolute atomic E-state index is 12.3. The van der Waals surface area contributed by atoms with Crippen molar-refractivity contribution >= 4 is 18.1 Å². The van der Waals surface area contributed by atoms with Crippen LogP contribution in [0.15, 0.2) is 29.2 Å². The van der Waals surface area contributed by atoms with Crippen LogP contribution >= 0.6 is 12.4 Å². The van der Waals surface area contributed by atoms with E-state index in [1.54, 1.807) is 16.7 Å². The normalized spacial score (nSPS) is 24.4. The molecule has 5 nitrogen and oxygen atoms in total. The molecule has 0 saturated carbocycles. The molecule has 2 aliphatic heterocycles. The van der Waals surface area contributed by atoms with Gasteiger partial charge in [0.05, 0.1) is 5.69 Å². The third-order valence-corrected chi connectivity index (χ3v) is 5.17. The summed E-state index contributed by atoms with van der Waals surface area (Å²) in [6, 6.07) is 5.58. The van der Waals surface area contributed by atoms with Gasteiger partial charge < -0.3 is 5.32 Å². The molecule has 0 bridgehead atoms. The summed E-state index contributed by atoms with van der Waals surface area (Å²) in [4.78, 5) is 19.4. The maximum Gasteiger partial charge on any atom is 0.258 e. The fraction of sp³-hybridized carbons (Fsp3) is 0.529. The summed E-state index contributed by atoms with van der Waals surface area (Å²) in [6.45, 7) is 7.28. The number of nitrogens with zero attached hydrogens (tertiary/aromatic N) is 3. The van der Waals surface area contributed by atoms with Gasteiger partial charge in [0.15, 0.2) is 0 Å². The standard InChI is InChI=1S/C17H22N4O.ClH/c1-13-3-2-7-21-15(22)9-14(19-16(13)21)10-20-8-5-17(12-20)4-6-18-11-17;/h2-3,7,9,18H,4-6,8,10-12H2,1H3;1H. The molecule has 1 spiro atoms. The Labute approximate surface area is 142 Å². The highest BCUT2D eigenvalue weighted by Gasteiger charge is 2.40. The molecule has 2 fully saturated rings. The summed E-state index contributed by atoms with van der Waals surface area (Å²) in [6.07, 6.45) is 4.32. The average Bonchev–Trinajstić information content (AvgIpc) is 3.11. The zero-order valence-electron chi connectivity index (χ0n) is 13.4. The number of rotatable bonds is 2. The van der Waals surface area contributed by atoms with Crippen molar-refractivity contribution in [2.45, 2.75) is 26.3 Å². The molecule has 6 heteroatoms. The Bertz CT molecular complexity index is 767. The monoisotopic (exact) mass is 334 g/mol. The molecule has 0 aliphatic carbocycles. The number of aryl methyl sites for hydroxylation is 1. The first-order chi connectivity index (χ1) is 10.7. The second-order valence-corrected chi connectivity index (χ2v) is 6.86. The van der Waals surface area contributed by atoms with Crippen LogP contribution < -0.4 is 10.9 Å². The smallest absolute Gasteiger partial charge is 0.258 e. The van der Waals surface area contributed by atoms with E-state index in [0.717, 1.165) is 49.6 Å². The van der Waals surface area contributed by atoms with E-state index in [9.17, 15) is 4.79 Å². The zero-order chi connectivity index (χ0) is 15.2. The van der Waals surface area contributed by atoms with E-state index in [2.05, 4.69) is 10.2 Å². The highest BCUT2D eigenvalue weighted by molar-refractivity contribution is 5.85. The summed E-state index contributed by atoms with van der Waals surface area (Å²) in [5, 5.41) is 3.48. The lowest BCUT2D eigenvalue weighted by Gasteiger charge is -2.22. The Morgan fingerprint density at radius 1 is 1.39 bits per heavy atom. The number of fused-ring (bicyclic) bond motifs is 1. The van der Waals surface area contributed by atoms with Gasteiger partial charge in [0.25, 0.3) is 5.56 Å². The predicted molar refractivity (Wildman–Crippen MR) is 93.3 cm³/mol. The minimum atomic E-state index is 0. The lowest BCUT2D eigenvalue weighted by Crippen LogP contribution is -2.29. The molecule has 2 aliphatic rings. The van der Waals surface area contributed by atoms with Crippen molar-refractivity contribution in [1.29, 1.82) is 0 Å². The molecule has 1 N–H and O–H groups in total. The average molecular weight is 335 g/mol. The Kier molecular flexibility index (Phi) is 4.45. The molecule has 2 saturated heterocycles. The lowest BCUT2D eigenvalue weighted by atomic mass is 9.87. The Morgan fingerprint density at radius 3 is 3.04 bits per heavy atom. The van der Waals surface area contributed by atoms with Gasteiger partial charge in [-0.05, 0) is 49.9 Å². The largest absolute Gasteiger partial charge is 0.316 e. The molecule has 0 amide bonds. The summed E-state index contributed by atoms with van der Waals surface area (Å²) in [5.41, 5.74) is 3.19. The van der Waals surface area contributed by atoms with Crippen LogP contribution in [0.5, 0.6) is 0 Å². The van der Waals surface area contributed by atoms with Crippen LogP contribution in [0.4, 0.5) is 0 Å². The van der Waals surface area contributed by atoms with Gasteiger partial charge in [0.2, 0.25) is 0 Å². The molecule has 1 atom stereocenters. The third-order valence-electron chi connectivity index (χ3n) is 5.17. The molecule has 1 unspecified atom stereocenters. The van der Waals surface area contributed by atoms with E-state index in [4.69, 9.17) is 4.98 Å². The molecule has 23 heavy (non-hydrogen) atoms. The Morgan fingerprint density at radius 2 is 2.26 bits per heavy atom. The van der Waals surface area contributed by atoms with Gasteiger partial charge in [-0.1, -0.05) is 6.07 Å². The van der Waals surface area contributed by atoms with Gasteiger partial charge in [-0.15, -0.1) is 12.4 Å². The quantitative estimate of drug-likeness (QED) is 0.906. The molecule has 2 aromatic heterocycles. The molecular weight excluding hydrogens is 312 g/mol. The van der Waals surface area contributed by atoms with Crippen molar-refractivity contribution in [3.63, 3.8) is 0 Å². The fourth-order valence-electron chi connectivity index (χ4n) is 3.93. The van der Waals surface area contributed by atoms with Crippen molar-refractivity contribution in [3.8, 4) is 0 Å². The van der Waals surface area contributed by atoms with Crippen molar-refractivity contribution in [2.24, 2.45) is 5.41 Å². The van der Waals surface area contributed by atoms with Gasteiger partial charge in [0, 0.05) is 31.9 Å². The van der Waals surface area contributed by atoms with Gasteiger partial charge in [-0.25, -0.2) is 4.98 Å². The van der Waals surface area contributed by atoms with Crippen LogP contribution in [0, 0.1) is 12.3 Å². The van der Waals surface area contributed by atoms with E-state index < -0.39 is 0 Å². The van der Waals surface area contributed by atoms with Crippen LogP contribution in [-0.2, 0) is 6.54 Å². The number of halogens is 1. The first-order valence-electron chi connectivity index (χ1n) is 8.06. The summed E-state index contributed by atoms with van der Waals surface area (Å²) in [5.74, 6) is 0. The van der Waals surface area contributed by atoms with Crippen molar-refractivity contribution in [3.05, 3.63) is 46.0 Å². The second kappa shape index (κ2) is 6.23. The number of likely N-dealkylation sites (tertiary alicyclic amines) is 1. The van der Waals surface area contributed by atoms with Crippen LogP contribution in [0.25, 0.3) is 5.65 Å². The lowest BCUT2D eigenvalue weighted by molar-refractivity contribution is 0.266. The molecule has 0 aromatic carbocycles. The van der Waals surface area contributed by atoms with E-state index in [-0.39, 0.29) is 18.0 Å². The molecule has 2 aromatic rings. The second-order valence-electron chi connectivity index (χ2n) is 6.86. The van der Waals surface area contributed by atoms with E-state index in [0.29, 0.717) is 5.41 Å². The number of aromatic nitrogens is 2. The molecule has 4 rings (SSSR count). The minimum Gasteiger partial charge on any atom is -0.316 e. The van der Waals surface area contributed by atoms with Gasteiger partial charge >= 0.3 is 0 Å². The molecule has 124 valence electrons. The SMILES string of the molecule is Cc1cccn2c(=O)cc(CN3CCC4(CCNC4)C3)nc12.Cl. The first kappa shape index (κ1) is 16.4. The van der Waals surface area contributed by atoms with E-state index >= 15 is 0 Å². The van der Waals surface area contributed by atoms with Gasteiger partial charge in [-0.2, -0.15) is 0 Å². The molecule has 4 heterocycles. The number of pyridine rings is 1. The van der Waals surface area contributed by atoms with Crippen LogP contribution in [-0.4, -0.2) is 40.5 Å². The summed E-state index contributed by atoms with van der Waals surface area (Å²) in [7, 11) is 0. The van der Waals surface area contributed by atoms with Gasteiger partial charge in [0.1, 0.15) is 5.65 Å². The van der Waals surface area contributed by atoms with Crippen molar-refractivity contribution < 1.29 is 0 Å². The minimum absolute atomic E-state index is 0. The first-order valence-corrected chi connectivity index (χ1v) is 8.06. The maximum atomic E-state index is 12.3. The van der Waals surface area contributed by atoms with Crippen LogP contribution in [0.3, 0.4) is 0 Å². The molecule has 0 radical (unpaired) electrons. The summed E-state index contributed by atoms with van der Waals surface area (Å²) >= 11 is 0. The molecular formula is C17H23ClN4O. The van der Waals surface area contributed by atoms with E-state index in [1.807, 2.05) is 19.1 Å². The topological polar surface area (TPSA) is 49.6 Å². The summed E-state index contributed by atoms with van der Waals surface area (Å²) < 4.78 is 1.63. The van der Waals surface area contributed by atoms with Crippen LogP contribution in [0.1, 0.15) is 24.1 Å². The number of hydrogen-bond donors (Lipinski definition) is 1. The highest BCUT2D eigenvalue weighted by atomic mass is 35.5. The van der Waals surface area contributed by atoms with E-state index in [1.165, 1.54) is 12.8 Å². The fourth-order valence-corrected chi connectivity index (χ4v) is 3.93.